The van der Waals surface area contributed by atoms with Gasteiger partial charge in [-0.05, 0) is 18.4 Å². The van der Waals surface area contributed by atoms with Gasteiger partial charge in [0, 0.05) is 0 Å². The molecule has 2 fully saturated rings. The van der Waals surface area contributed by atoms with E-state index in [1.807, 2.05) is 18.2 Å². The SMILES string of the molecule is N#C[C@@H]1CC[C@H]2OC[C@@H](c3ccccc3)N12. The maximum absolute atomic E-state index is 9.13. The van der Waals surface area contributed by atoms with E-state index in [4.69, 9.17) is 10.00 Å². The summed E-state index contributed by atoms with van der Waals surface area (Å²) in [6.07, 6.45) is 2.08. The summed E-state index contributed by atoms with van der Waals surface area (Å²) in [6, 6.07) is 13.0. The van der Waals surface area contributed by atoms with Gasteiger partial charge in [0.2, 0.25) is 0 Å². The molecule has 0 saturated carbocycles. The van der Waals surface area contributed by atoms with Gasteiger partial charge in [-0.2, -0.15) is 5.26 Å². The minimum atomic E-state index is 0.0257. The third-order valence-corrected chi connectivity index (χ3v) is 3.52. The molecule has 0 radical (unpaired) electrons. The highest BCUT2D eigenvalue weighted by molar-refractivity contribution is 5.22. The van der Waals surface area contributed by atoms with E-state index in [1.165, 1.54) is 5.56 Å². The van der Waals surface area contributed by atoms with Crippen molar-refractivity contribution in [3.8, 4) is 6.07 Å². The Morgan fingerprint density at radius 2 is 2.06 bits per heavy atom. The van der Waals surface area contributed by atoms with Crippen molar-refractivity contribution in [3.05, 3.63) is 35.9 Å². The lowest BCUT2D eigenvalue weighted by molar-refractivity contribution is 0.0526. The quantitative estimate of drug-likeness (QED) is 0.718. The molecule has 3 heteroatoms. The highest BCUT2D eigenvalue weighted by Crippen LogP contribution is 2.39. The minimum Gasteiger partial charge on any atom is -0.361 e. The number of rotatable bonds is 1. The molecule has 2 heterocycles. The molecule has 16 heavy (non-hydrogen) atoms. The van der Waals surface area contributed by atoms with E-state index in [2.05, 4.69) is 23.1 Å². The van der Waals surface area contributed by atoms with Gasteiger partial charge in [-0.1, -0.05) is 30.3 Å². The maximum Gasteiger partial charge on any atom is 0.112 e. The van der Waals surface area contributed by atoms with Gasteiger partial charge >= 0.3 is 0 Å². The molecule has 0 aromatic heterocycles. The van der Waals surface area contributed by atoms with Crippen molar-refractivity contribution in [3.63, 3.8) is 0 Å². The molecule has 3 rings (SSSR count). The van der Waals surface area contributed by atoms with Crippen LogP contribution >= 0.6 is 0 Å². The average Bonchev–Trinajstić information content (AvgIpc) is 2.90. The molecule has 0 spiro atoms. The van der Waals surface area contributed by atoms with Crippen LogP contribution in [0.15, 0.2) is 30.3 Å². The van der Waals surface area contributed by atoms with Crippen molar-refractivity contribution in [2.75, 3.05) is 6.61 Å². The second-order valence-corrected chi connectivity index (χ2v) is 4.38. The first-order valence-electron chi connectivity index (χ1n) is 5.74. The van der Waals surface area contributed by atoms with E-state index in [0.29, 0.717) is 6.61 Å². The highest BCUT2D eigenvalue weighted by Gasteiger charge is 2.44. The van der Waals surface area contributed by atoms with Crippen molar-refractivity contribution < 1.29 is 4.74 Å². The molecule has 0 bridgehead atoms. The summed E-state index contributed by atoms with van der Waals surface area (Å²) >= 11 is 0. The number of hydrogen-bond donors (Lipinski definition) is 0. The fourth-order valence-corrected chi connectivity index (χ4v) is 2.75. The van der Waals surface area contributed by atoms with E-state index in [9.17, 15) is 0 Å². The highest BCUT2D eigenvalue weighted by atomic mass is 16.5. The first-order chi connectivity index (χ1) is 7.90. The van der Waals surface area contributed by atoms with E-state index in [-0.39, 0.29) is 18.3 Å². The van der Waals surface area contributed by atoms with Crippen LogP contribution in [0, 0.1) is 11.3 Å². The molecule has 0 amide bonds. The monoisotopic (exact) mass is 214 g/mol. The van der Waals surface area contributed by atoms with Crippen molar-refractivity contribution >= 4 is 0 Å². The lowest BCUT2D eigenvalue weighted by Gasteiger charge is -2.24. The zero-order valence-corrected chi connectivity index (χ0v) is 9.04. The van der Waals surface area contributed by atoms with Gasteiger partial charge in [-0.25, -0.2) is 0 Å². The molecule has 2 aliphatic heterocycles. The predicted molar refractivity (Wildman–Crippen MR) is 59.4 cm³/mol. The summed E-state index contributed by atoms with van der Waals surface area (Å²) in [5.74, 6) is 0. The smallest absolute Gasteiger partial charge is 0.112 e. The molecule has 2 aliphatic rings. The van der Waals surface area contributed by atoms with E-state index < -0.39 is 0 Å². The van der Waals surface area contributed by atoms with Crippen LogP contribution in [0.4, 0.5) is 0 Å². The molecule has 3 nitrogen and oxygen atoms in total. The summed E-state index contributed by atoms with van der Waals surface area (Å²) in [7, 11) is 0. The largest absolute Gasteiger partial charge is 0.361 e. The van der Waals surface area contributed by atoms with Gasteiger partial charge < -0.3 is 4.74 Å². The molecular weight excluding hydrogens is 200 g/mol. The Morgan fingerprint density at radius 3 is 2.81 bits per heavy atom. The Balaban J connectivity index is 1.90. The molecule has 0 unspecified atom stereocenters. The van der Waals surface area contributed by atoms with Crippen LogP contribution in [0.5, 0.6) is 0 Å². The maximum atomic E-state index is 9.13. The van der Waals surface area contributed by atoms with Crippen LogP contribution in [0.25, 0.3) is 0 Å². The number of nitriles is 1. The van der Waals surface area contributed by atoms with Gasteiger partial charge in [-0.15, -0.1) is 0 Å². The molecule has 3 atom stereocenters. The summed E-state index contributed by atoms with van der Waals surface area (Å²) in [5.41, 5.74) is 1.26. The van der Waals surface area contributed by atoms with E-state index in [0.717, 1.165) is 12.8 Å². The van der Waals surface area contributed by atoms with Crippen LogP contribution in [0.1, 0.15) is 24.4 Å². The van der Waals surface area contributed by atoms with Crippen LogP contribution in [0.3, 0.4) is 0 Å². The van der Waals surface area contributed by atoms with Gasteiger partial charge in [-0.3, -0.25) is 4.90 Å². The fourth-order valence-electron chi connectivity index (χ4n) is 2.75. The van der Waals surface area contributed by atoms with Gasteiger partial charge in [0.15, 0.2) is 0 Å². The number of fused-ring (bicyclic) bond motifs is 1. The number of benzene rings is 1. The van der Waals surface area contributed by atoms with Crippen LogP contribution in [-0.4, -0.2) is 23.8 Å². The van der Waals surface area contributed by atoms with Crippen LogP contribution < -0.4 is 0 Å². The number of nitrogens with zero attached hydrogens (tertiary/aromatic N) is 2. The predicted octanol–water partition coefficient (Wildman–Crippen LogP) is 2.07. The standard InChI is InChI=1S/C13H14N2O/c14-8-11-6-7-13-15(11)12(9-16-13)10-4-2-1-3-5-10/h1-5,11-13H,6-7,9H2/t11-,12-,13+/m0/s1. The summed E-state index contributed by atoms with van der Waals surface area (Å²) < 4.78 is 5.75. The van der Waals surface area contributed by atoms with Gasteiger partial charge in [0.1, 0.15) is 12.3 Å². The Hall–Kier alpha value is -1.37. The average molecular weight is 214 g/mol. The molecule has 1 aromatic rings. The lowest BCUT2D eigenvalue weighted by Crippen LogP contribution is -2.33. The zero-order valence-electron chi connectivity index (χ0n) is 9.04. The normalized spacial score (nSPS) is 33.6. The van der Waals surface area contributed by atoms with E-state index >= 15 is 0 Å². The minimum absolute atomic E-state index is 0.0257. The molecule has 2 saturated heterocycles. The summed E-state index contributed by atoms with van der Waals surface area (Å²) in [4.78, 5) is 2.23. The van der Waals surface area contributed by atoms with Crippen LogP contribution in [-0.2, 0) is 4.74 Å². The third-order valence-electron chi connectivity index (χ3n) is 3.52. The van der Waals surface area contributed by atoms with Crippen molar-refractivity contribution in [1.82, 2.24) is 4.90 Å². The van der Waals surface area contributed by atoms with E-state index in [1.54, 1.807) is 0 Å². The number of ether oxygens (including phenoxy) is 1. The molecular formula is C13H14N2O. The zero-order chi connectivity index (χ0) is 11.0. The summed E-state index contributed by atoms with van der Waals surface area (Å²) in [6.45, 7) is 0.715. The summed E-state index contributed by atoms with van der Waals surface area (Å²) in [5, 5.41) is 9.13. The Kier molecular flexibility index (Phi) is 2.39. The lowest BCUT2D eigenvalue weighted by atomic mass is 10.1. The van der Waals surface area contributed by atoms with Crippen molar-refractivity contribution in [2.24, 2.45) is 0 Å². The Morgan fingerprint density at radius 1 is 1.25 bits per heavy atom. The second-order valence-electron chi connectivity index (χ2n) is 4.38. The van der Waals surface area contributed by atoms with Crippen molar-refractivity contribution in [2.45, 2.75) is 31.2 Å². The topological polar surface area (TPSA) is 36.3 Å². The molecule has 0 aliphatic carbocycles. The first-order valence-corrected chi connectivity index (χ1v) is 5.74. The molecule has 0 N–H and O–H groups in total. The third kappa shape index (κ3) is 1.42. The van der Waals surface area contributed by atoms with Crippen LogP contribution in [0.2, 0.25) is 0 Å². The Bertz CT molecular complexity index is 412. The molecule has 1 aromatic carbocycles. The van der Waals surface area contributed by atoms with Gasteiger partial charge in [0.05, 0.1) is 18.7 Å². The molecule has 82 valence electrons. The second kappa shape index (κ2) is 3.89. The fraction of sp³-hybridized carbons (Fsp3) is 0.462. The number of hydrogen-bond acceptors (Lipinski definition) is 3. The van der Waals surface area contributed by atoms with Gasteiger partial charge in [0.25, 0.3) is 0 Å². The Labute approximate surface area is 95.2 Å². The first kappa shape index (κ1) is 9.83. The van der Waals surface area contributed by atoms with Crippen molar-refractivity contribution in [1.29, 1.82) is 5.26 Å².